The highest BCUT2D eigenvalue weighted by molar-refractivity contribution is 7.89. The number of hydrogen-bond donors (Lipinski definition) is 1. The molecule has 7 heteroatoms. The summed E-state index contributed by atoms with van der Waals surface area (Å²) >= 11 is 0. The Balaban J connectivity index is 1.80. The molecule has 1 heterocycles. The molecule has 0 aliphatic heterocycles. The molecule has 0 atom stereocenters. The van der Waals surface area contributed by atoms with Gasteiger partial charge in [0.15, 0.2) is 0 Å². The summed E-state index contributed by atoms with van der Waals surface area (Å²) in [7, 11) is 0.225. The van der Waals surface area contributed by atoms with Crippen LogP contribution in [0.2, 0.25) is 0 Å². The lowest BCUT2D eigenvalue weighted by Gasteiger charge is -2.19. The molecule has 0 saturated heterocycles. The van der Waals surface area contributed by atoms with Crippen molar-refractivity contribution in [3.8, 4) is 0 Å². The predicted octanol–water partition coefficient (Wildman–Crippen LogP) is 1.22. The largest absolute Gasteiger partial charge is 0.375 e. The summed E-state index contributed by atoms with van der Waals surface area (Å²) in [5, 5.41) is 3.87. The second-order valence-corrected chi connectivity index (χ2v) is 6.63. The van der Waals surface area contributed by atoms with Crippen molar-refractivity contribution >= 4 is 15.7 Å². The Hall–Kier alpha value is -1.86. The molecule has 0 fully saturated rings. The molecule has 0 aliphatic carbocycles. The van der Waals surface area contributed by atoms with Crippen LogP contribution in [-0.4, -0.2) is 38.3 Å². The standard InChI is InChI=1S/C14H20N4O2S/c1-17(13-7-4-3-5-8-13)10-6-9-16-21(19,20)14-11-15-18(2)12-14/h3-5,7-8,11-12,16H,6,9-10H2,1-2H3. The molecule has 6 nitrogen and oxygen atoms in total. The van der Waals surface area contributed by atoms with Gasteiger partial charge in [0.25, 0.3) is 0 Å². The lowest BCUT2D eigenvalue weighted by Crippen LogP contribution is -2.28. The van der Waals surface area contributed by atoms with Gasteiger partial charge in [0.2, 0.25) is 10.0 Å². The Labute approximate surface area is 125 Å². The molecule has 0 unspecified atom stereocenters. The Bertz CT molecular complexity index is 667. The summed E-state index contributed by atoms with van der Waals surface area (Å²) in [4.78, 5) is 2.29. The second-order valence-electron chi connectivity index (χ2n) is 4.86. The van der Waals surface area contributed by atoms with Crippen LogP contribution in [0.1, 0.15) is 6.42 Å². The van der Waals surface area contributed by atoms with E-state index >= 15 is 0 Å². The Morgan fingerprint density at radius 1 is 1.29 bits per heavy atom. The maximum Gasteiger partial charge on any atom is 0.243 e. The SMILES string of the molecule is CN(CCCNS(=O)(=O)c1cnn(C)c1)c1ccccc1. The molecular weight excluding hydrogens is 288 g/mol. The van der Waals surface area contributed by atoms with Crippen LogP contribution in [-0.2, 0) is 17.1 Å². The predicted molar refractivity (Wildman–Crippen MR) is 82.7 cm³/mol. The highest BCUT2D eigenvalue weighted by Gasteiger charge is 2.15. The molecule has 21 heavy (non-hydrogen) atoms. The molecule has 2 rings (SSSR count). The molecule has 1 aromatic carbocycles. The van der Waals surface area contributed by atoms with Crippen molar-refractivity contribution in [3.05, 3.63) is 42.7 Å². The lowest BCUT2D eigenvalue weighted by molar-refractivity contribution is 0.578. The quantitative estimate of drug-likeness (QED) is 0.781. The summed E-state index contributed by atoms with van der Waals surface area (Å²) in [5.41, 5.74) is 1.12. The van der Waals surface area contributed by atoms with Crippen molar-refractivity contribution in [2.24, 2.45) is 7.05 Å². The lowest BCUT2D eigenvalue weighted by atomic mass is 10.3. The van der Waals surface area contributed by atoms with Gasteiger partial charge in [-0.3, -0.25) is 4.68 Å². The van der Waals surface area contributed by atoms with E-state index in [1.165, 1.54) is 17.1 Å². The topological polar surface area (TPSA) is 67.2 Å². The van der Waals surface area contributed by atoms with E-state index in [0.29, 0.717) is 6.54 Å². The first-order chi connectivity index (χ1) is 9.99. The number of anilines is 1. The first kappa shape index (κ1) is 15.5. The van der Waals surface area contributed by atoms with Gasteiger partial charge in [-0.25, -0.2) is 13.1 Å². The molecule has 0 aliphatic rings. The van der Waals surface area contributed by atoms with Crippen LogP contribution in [0, 0.1) is 0 Å². The highest BCUT2D eigenvalue weighted by Crippen LogP contribution is 2.11. The van der Waals surface area contributed by atoms with Crippen LogP contribution in [0.3, 0.4) is 0 Å². The number of nitrogens with zero attached hydrogens (tertiary/aromatic N) is 3. The minimum Gasteiger partial charge on any atom is -0.375 e. The zero-order valence-electron chi connectivity index (χ0n) is 12.2. The van der Waals surface area contributed by atoms with Gasteiger partial charge in [-0.1, -0.05) is 18.2 Å². The first-order valence-corrected chi connectivity index (χ1v) is 8.22. The smallest absolute Gasteiger partial charge is 0.243 e. The molecule has 0 radical (unpaired) electrons. The van der Waals surface area contributed by atoms with Crippen molar-refractivity contribution in [2.75, 3.05) is 25.0 Å². The zero-order valence-corrected chi connectivity index (χ0v) is 13.0. The van der Waals surface area contributed by atoms with Gasteiger partial charge in [0, 0.05) is 39.1 Å². The van der Waals surface area contributed by atoms with Crippen molar-refractivity contribution in [1.82, 2.24) is 14.5 Å². The van der Waals surface area contributed by atoms with Gasteiger partial charge in [-0.2, -0.15) is 5.10 Å². The number of rotatable bonds is 7. The average Bonchev–Trinajstić information content (AvgIpc) is 2.92. The summed E-state index contributed by atoms with van der Waals surface area (Å²) < 4.78 is 28.0. The van der Waals surface area contributed by atoms with Crippen molar-refractivity contribution in [2.45, 2.75) is 11.3 Å². The molecule has 0 amide bonds. The van der Waals surface area contributed by atoms with Crippen molar-refractivity contribution < 1.29 is 8.42 Å². The molecule has 2 aromatic rings. The minimum atomic E-state index is -3.45. The minimum absolute atomic E-state index is 0.196. The summed E-state index contributed by atoms with van der Waals surface area (Å²) in [5.74, 6) is 0. The normalized spacial score (nSPS) is 11.5. The monoisotopic (exact) mass is 308 g/mol. The van der Waals surface area contributed by atoms with Crippen LogP contribution in [0.4, 0.5) is 5.69 Å². The van der Waals surface area contributed by atoms with Gasteiger partial charge in [0.05, 0.1) is 6.20 Å². The molecule has 114 valence electrons. The van der Waals surface area contributed by atoms with Gasteiger partial charge in [-0.05, 0) is 18.6 Å². The maximum atomic E-state index is 12.0. The fourth-order valence-electron chi connectivity index (χ4n) is 1.96. The van der Waals surface area contributed by atoms with E-state index in [9.17, 15) is 8.42 Å². The van der Waals surface area contributed by atoms with Crippen LogP contribution < -0.4 is 9.62 Å². The molecule has 0 saturated carbocycles. The van der Waals surface area contributed by atoms with E-state index in [2.05, 4.69) is 14.7 Å². The zero-order chi connectivity index (χ0) is 15.3. The van der Waals surface area contributed by atoms with Gasteiger partial charge in [0.1, 0.15) is 4.90 Å². The summed E-state index contributed by atoms with van der Waals surface area (Å²) in [6.07, 6.45) is 3.56. The summed E-state index contributed by atoms with van der Waals surface area (Å²) in [6, 6.07) is 9.99. The van der Waals surface area contributed by atoms with Gasteiger partial charge >= 0.3 is 0 Å². The first-order valence-electron chi connectivity index (χ1n) is 6.73. The van der Waals surface area contributed by atoms with E-state index in [1.54, 1.807) is 7.05 Å². The Morgan fingerprint density at radius 3 is 2.62 bits per heavy atom. The fourth-order valence-corrected chi connectivity index (χ4v) is 3.01. The number of sulfonamides is 1. The van der Waals surface area contributed by atoms with E-state index in [0.717, 1.165) is 18.7 Å². The molecule has 1 aromatic heterocycles. The van der Waals surface area contributed by atoms with E-state index in [4.69, 9.17) is 0 Å². The van der Waals surface area contributed by atoms with Crippen LogP contribution in [0.5, 0.6) is 0 Å². The summed E-state index contributed by atoms with van der Waals surface area (Å²) in [6.45, 7) is 1.17. The molecule has 0 bridgehead atoms. The molecule has 1 N–H and O–H groups in total. The van der Waals surface area contributed by atoms with Crippen molar-refractivity contribution in [3.63, 3.8) is 0 Å². The van der Waals surface area contributed by atoms with Crippen LogP contribution in [0.15, 0.2) is 47.6 Å². The second kappa shape index (κ2) is 6.73. The third-order valence-electron chi connectivity index (χ3n) is 3.15. The number of aryl methyl sites for hydroxylation is 1. The van der Waals surface area contributed by atoms with Gasteiger partial charge in [-0.15, -0.1) is 0 Å². The van der Waals surface area contributed by atoms with Crippen molar-refractivity contribution in [1.29, 1.82) is 0 Å². The third-order valence-corrected chi connectivity index (χ3v) is 4.57. The maximum absolute atomic E-state index is 12.0. The fraction of sp³-hybridized carbons (Fsp3) is 0.357. The number of hydrogen-bond acceptors (Lipinski definition) is 4. The van der Waals surface area contributed by atoms with Crippen LogP contribution in [0.25, 0.3) is 0 Å². The van der Waals surface area contributed by atoms with E-state index in [-0.39, 0.29) is 4.90 Å². The Morgan fingerprint density at radius 2 is 2.00 bits per heavy atom. The molecule has 0 spiro atoms. The van der Waals surface area contributed by atoms with E-state index < -0.39 is 10.0 Å². The number of aromatic nitrogens is 2. The highest BCUT2D eigenvalue weighted by atomic mass is 32.2. The average molecular weight is 308 g/mol. The number of benzene rings is 1. The number of para-hydroxylation sites is 1. The van der Waals surface area contributed by atoms with Crippen LogP contribution >= 0.6 is 0 Å². The third kappa shape index (κ3) is 4.30. The van der Waals surface area contributed by atoms with E-state index in [1.807, 2.05) is 37.4 Å². The number of nitrogens with one attached hydrogen (secondary N) is 1. The Kier molecular flexibility index (Phi) is 4.98. The molecular formula is C14H20N4O2S. The van der Waals surface area contributed by atoms with Gasteiger partial charge < -0.3 is 4.90 Å².